The Morgan fingerprint density at radius 3 is 1.05 bits per heavy atom. The largest absolute Gasteiger partial charge is 0.543 e. The number of nitrogens with two attached hydrogens (primary N) is 3. The molecule has 0 heterocycles. The lowest BCUT2D eigenvalue weighted by molar-refractivity contribution is 0.0861. The van der Waals surface area contributed by atoms with E-state index in [-0.39, 0.29) is 32.1 Å². The number of halogens is 3. The van der Waals surface area contributed by atoms with E-state index in [0.717, 1.165) is 0 Å². The van der Waals surface area contributed by atoms with E-state index in [1.807, 2.05) is 0 Å². The van der Waals surface area contributed by atoms with Gasteiger partial charge in [0, 0.05) is 18.2 Å². The average Bonchev–Trinajstić information content (AvgIpc) is 2.87. The molecule has 17 heteroatoms. The first-order valence-corrected chi connectivity index (χ1v) is 12.9. The van der Waals surface area contributed by atoms with E-state index in [4.69, 9.17) is 80.4 Å². The number of rotatable bonds is 12. The topological polar surface area (TPSA) is 160 Å². The number of anilines is 3. The van der Waals surface area contributed by atoms with Gasteiger partial charge in [-0.15, -0.1) is 13.9 Å². The van der Waals surface area contributed by atoms with E-state index in [2.05, 4.69) is 0 Å². The molecule has 38 heavy (non-hydrogen) atoms. The van der Waals surface area contributed by atoms with Crippen molar-refractivity contribution in [1.29, 1.82) is 0 Å². The van der Waals surface area contributed by atoms with Gasteiger partial charge in [0.2, 0.25) is 0 Å². The maximum absolute atomic E-state index is 13.8. The van der Waals surface area contributed by atoms with Crippen LogP contribution in [0.3, 0.4) is 0 Å². The zero-order chi connectivity index (χ0) is 28.0. The Balaban J connectivity index is 1.93. The number of nitrogens with zero attached hydrogens (tertiary/aromatic N) is 3. The predicted molar refractivity (Wildman–Crippen MR) is 145 cm³/mol. The summed E-state index contributed by atoms with van der Waals surface area (Å²) in [5.41, 5.74) is 0.200. The van der Waals surface area contributed by atoms with Gasteiger partial charge in [0.25, 0.3) is 0 Å². The van der Waals surface area contributed by atoms with Crippen LogP contribution < -0.4 is 47.3 Å². The summed E-state index contributed by atoms with van der Waals surface area (Å²) in [7, 11) is -0.497. The second-order valence-electron chi connectivity index (χ2n) is 7.12. The summed E-state index contributed by atoms with van der Waals surface area (Å²) in [6.07, 6.45) is 0. The number of ether oxygens (including phenoxy) is 3. The van der Waals surface area contributed by atoms with Crippen LogP contribution in [0.2, 0.25) is 15.1 Å². The minimum absolute atomic E-state index is 0.0667. The first kappa shape index (κ1) is 29.9. The molecule has 0 radical (unpaired) electrons. The van der Waals surface area contributed by atoms with Crippen LogP contribution in [-0.4, -0.2) is 21.3 Å². The smallest absolute Gasteiger partial charge is 0.497 e. The summed E-state index contributed by atoms with van der Waals surface area (Å²) in [5, 5.41) is 1.91. The second kappa shape index (κ2) is 12.9. The average molecular weight is 610 g/mol. The molecule has 0 aliphatic carbocycles. The third-order valence-electron chi connectivity index (χ3n) is 4.74. The molecule has 0 aliphatic heterocycles. The highest BCUT2D eigenvalue weighted by Gasteiger charge is 2.38. The maximum Gasteiger partial charge on any atom is 0.543 e. The molecule has 3 aromatic carbocycles. The minimum atomic E-state index is -4.87. The monoisotopic (exact) mass is 608 g/mol. The van der Waals surface area contributed by atoms with Crippen molar-refractivity contribution in [2.24, 2.45) is 17.5 Å². The van der Waals surface area contributed by atoms with Crippen LogP contribution in [0.4, 0.5) is 17.1 Å². The molecular weight excluding hydrogens is 586 g/mol. The quantitative estimate of drug-likeness (QED) is 0.143. The van der Waals surface area contributed by atoms with Crippen molar-refractivity contribution in [2.45, 2.75) is 0 Å². The van der Waals surface area contributed by atoms with Crippen molar-refractivity contribution in [3.63, 3.8) is 0 Å². The van der Waals surface area contributed by atoms with Gasteiger partial charge in [-0.2, -0.15) is 15.5 Å². The highest BCUT2D eigenvalue weighted by Crippen LogP contribution is 2.53. The molecule has 13 nitrogen and oxygen atoms in total. The van der Waals surface area contributed by atoms with Crippen molar-refractivity contribution in [1.82, 2.24) is 0 Å². The summed E-state index contributed by atoms with van der Waals surface area (Å²) in [6, 6.07) is 13.3. The Kier molecular flexibility index (Phi) is 10.2. The van der Waals surface area contributed by atoms with E-state index in [9.17, 15) is 4.57 Å². The van der Waals surface area contributed by atoms with Crippen LogP contribution in [0, 0.1) is 0 Å². The zero-order valence-corrected chi connectivity index (χ0v) is 23.4. The molecule has 0 fully saturated rings. The Labute approximate surface area is 233 Å². The van der Waals surface area contributed by atoms with Crippen LogP contribution in [0.25, 0.3) is 0 Å². The van der Waals surface area contributed by atoms with E-state index in [1.54, 1.807) is 0 Å². The fourth-order valence-electron chi connectivity index (χ4n) is 2.88. The summed E-state index contributed by atoms with van der Waals surface area (Å²) >= 11 is 18.8. The fraction of sp³-hybridized carbons (Fsp3) is 0.143. The van der Waals surface area contributed by atoms with Crippen molar-refractivity contribution in [3.05, 3.63) is 69.7 Å². The van der Waals surface area contributed by atoms with Gasteiger partial charge in [0.05, 0.1) is 36.4 Å². The van der Waals surface area contributed by atoms with Gasteiger partial charge in [-0.1, -0.05) is 34.8 Å². The van der Waals surface area contributed by atoms with Crippen LogP contribution in [-0.2, 0) is 18.4 Å². The molecule has 0 aliphatic rings. The summed E-state index contributed by atoms with van der Waals surface area (Å²) in [6.45, 7) is 0. The standard InChI is InChI=1S/C21H24Cl3N6O7P/c1-32-13-4-7-19(16(22)10-13)28(25)35-38(31,36-29(26)20-8-5-14(33-2)11-17(20)23)37-30(27)21-9-6-15(34-3)12-18(21)24/h4-12H,25-27H2,1-3H3. The van der Waals surface area contributed by atoms with Crippen LogP contribution in [0.5, 0.6) is 17.2 Å². The normalized spacial score (nSPS) is 11.2. The molecule has 6 N–H and O–H groups in total. The first-order valence-electron chi connectivity index (χ1n) is 10.3. The van der Waals surface area contributed by atoms with Crippen molar-refractivity contribution in [3.8, 4) is 17.2 Å². The van der Waals surface area contributed by atoms with E-state index in [0.29, 0.717) is 32.8 Å². The third kappa shape index (κ3) is 7.24. The first-order chi connectivity index (χ1) is 18.0. The molecular formula is C21H24Cl3N6O7P. The van der Waals surface area contributed by atoms with Crippen molar-refractivity contribution < 1.29 is 32.6 Å². The lowest BCUT2D eigenvalue weighted by Crippen LogP contribution is -2.38. The molecule has 0 amide bonds. The maximum atomic E-state index is 13.8. The van der Waals surface area contributed by atoms with Crippen molar-refractivity contribution >= 4 is 59.7 Å². The minimum Gasteiger partial charge on any atom is -0.497 e. The number of benzene rings is 3. The van der Waals surface area contributed by atoms with Gasteiger partial charge >= 0.3 is 7.82 Å². The van der Waals surface area contributed by atoms with Crippen LogP contribution in [0.1, 0.15) is 0 Å². The number of phosphoric acid groups is 1. The number of hydrogen-bond donors (Lipinski definition) is 3. The lowest BCUT2D eigenvalue weighted by atomic mass is 10.3. The van der Waals surface area contributed by atoms with Gasteiger partial charge in [-0.05, 0) is 36.4 Å². The Hall–Kier alpha value is -2.68. The lowest BCUT2D eigenvalue weighted by Gasteiger charge is -2.29. The number of methoxy groups -OCH3 is 3. The molecule has 0 spiro atoms. The van der Waals surface area contributed by atoms with Crippen molar-refractivity contribution in [2.75, 3.05) is 36.8 Å². The molecule has 0 saturated carbocycles. The molecule has 206 valence electrons. The van der Waals surface area contributed by atoms with Gasteiger partial charge in [0.1, 0.15) is 34.3 Å². The molecule has 0 saturated heterocycles. The molecule has 0 atom stereocenters. The predicted octanol–water partition coefficient (Wildman–Crippen LogP) is 5.02. The second-order valence-corrected chi connectivity index (χ2v) is 9.73. The van der Waals surface area contributed by atoms with Gasteiger partial charge in [0.15, 0.2) is 0 Å². The van der Waals surface area contributed by atoms with E-state index >= 15 is 0 Å². The Bertz CT molecular complexity index is 1170. The summed E-state index contributed by atoms with van der Waals surface area (Å²) in [4.78, 5) is 0. The van der Waals surface area contributed by atoms with E-state index in [1.165, 1.54) is 75.9 Å². The molecule has 0 unspecified atom stereocenters. The van der Waals surface area contributed by atoms with Crippen LogP contribution >= 0.6 is 42.6 Å². The summed E-state index contributed by atoms with van der Waals surface area (Å²) < 4.78 is 45.2. The fourth-order valence-corrected chi connectivity index (χ4v) is 4.64. The highest BCUT2D eigenvalue weighted by atomic mass is 35.5. The molecule has 3 rings (SSSR count). The molecule has 0 aromatic heterocycles. The molecule has 0 bridgehead atoms. The Morgan fingerprint density at radius 2 is 0.842 bits per heavy atom. The zero-order valence-electron chi connectivity index (χ0n) is 20.2. The van der Waals surface area contributed by atoms with Gasteiger partial charge in [-0.3, -0.25) is 0 Å². The van der Waals surface area contributed by atoms with E-state index < -0.39 is 7.82 Å². The number of hydrogen-bond acceptors (Lipinski definition) is 13. The van der Waals surface area contributed by atoms with Gasteiger partial charge in [-0.25, -0.2) is 22.1 Å². The Morgan fingerprint density at radius 1 is 0.579 bits per heavy atom. The summed E-state index contributed by atoms with van der Waals surface area (Å²) in [5.74, 6) is 19.3. The SMILES string of the molecule is COc1ccc(N(N)OP(=O)(ON(N)c2ccc(OC)cc2Cl)ON(N)c2ccc(OC)cc2Cl)c(Cl)c1. The number of hydrazine groups is 3. The van der Waals surface area contributed by atoms with Crippen LogP contribution in [0.15, 0.2) is 54.6 Å². The third-order valence-corrected chi connectivity index (χ3v) is 6.78. The molecule has 3 aromatic rings. The van der Waals surface area contributed by atoms with Gasteiger partial charge < -0.3 is 14.2 Å². The highest BCUT2D eigenvalue weighted by molar-refractivity contribution is 7.48.